The van der Waals surface area contributed by atoms with Gasteiger partial charge in [0.2, 0.25) is 17.7 Å². The predicted octanol–water partition coefficient (Wildman–Crippen LogP) is 4.52. The molecule has 4 rings (SSSR count). The number of nitrogens with one attached hydrogen (secondary N) is 2. The van der Waals surface area contributed by atoms with E-state index in [4.69, 9.17) is 0 Å². The SMILES string of the molecule is CC(C)C[C@H](CO)N1C(=O)[C@@H]2[C@H](C(=O)NCc3ccccc3)[C@]3(C)CCC2(S3)C1C(=O)NC(C)(C)CC(C)(C)C. The molecule has 0 aromatic heterocycles. The molecule has 40 heavy (non-hydrogen) atoms. The van der Waals surface area contributed by atoms with Crippen LogP contribution in [-0.4, -0.2) is 61.5 Å². The number of carbonyl (C=O) groups is 3. The molecule has 3 amide bonds. The number of aliphatic hydroxyl groups excluding tert-OH is 1. The molecule has 2 unspecified atom stereocenters. The number of nitrogens with zero attached hydrogens (tertiary/aromatic N) is 1. The zero-order valence-corrected chi connectivity index (χ0v) is 26.4. The highest BCUT2D eigenvalue weighted by molar-refractivity contribution is 8.02. The van der Waals surface area contributed by atoms with E-state index in [-0.39, 0.29) is 35.7 Å². The van der Waals surface area contributed by atoms with Crippen molar-refractivity contribution in [2.45, 2.75) is 115 Å². The Labute approximate surface area is 244 Å². The Bertz CT molecular complexity index is 1120. The molecular weight excluding hydrogens is 522 g/mol. The first kappa shape index (κ1) is 30.9. The number of thioether (sulfide) groups is 1. The second kappa shape index (κ2) is 11.0. The normalized spacial score (nSPS) is 30.5. The van der Waals surface area contributed by atoms with Crippen LogP contribution < -0.4 is 10.6 Å². The van der Waals surface area contributed by atoms with E-state index in [0.29, 0.717) is 19.4 Å². The van der Waals surface area contributed by atoms with Gasteiger partial charge >= 0.3 is 0 Å². The summed E-state index contributed by atoms with van der Waals surface area (Å²) in [6.07, 6.45) is 2.82. The monoisotopic (exact) mass is 571 g/mol. The molecule has 3 saturated heterocycles. The second-order valence-electron chi connectivity index (χ2n) is 14.8. The van der Waals surface area contributed by atoms with Crippen LogP contribution in [0.5, 0.6) is 0 Å². The van der Waals surface area contributed by atoms with Crippen molar-refractivity contribution in [3.05, 3.63) is 35.9 Å². The molecule has 222 valence electrons. The number of aliphatic hydroxyl groups is 1. The van der Waals surface area contributed by atoms with Crippen molar-refractivity contribution in [3.8, 4) is 0 Å². The summed E-state index contributed by atoms with van der Waals surface area (Å²) in [7, 11) is 0. The maximum absolute atomic E-state index is 14.4. The molecule has 0 aliphatic carbocycles. The zero-order valence-electron chi connectivity index (χ0n) is 25.5. The minimum Gasteiger partial charge on any atom is -0.394 e. The summed E-state index contributed by atoms with van der Waals surface area (Å²) in [5.41, 5.74) is 0.522. The van der Waals surface area contributed by atoms with Crippen LogP contribution in [0.4, 0.5) is 0 Å². The van der Waals surface area contributed by atoms with Gasteiger partial charge in [0, 0.05) is 16.8 Å². The molecule has 2 bridgehead atoms. The van der Waals surface area contributed by atoms with Crippen LogP contribution in [0.3, 0.4) is 0 Å². The van der Waals surface area contributed by atoms with Crippen LogP contribution in [0.1, 0.15) is 86.6 Å². The predicted molar refractivity (Wildman–Crippen MR) is 160 cm³/mol. The van der Waals surface area contributed by atoms with Crippen molar-refractivity contribution < 1.29 is 19.5 Å². The average Bonchev–Trinajstić information content (AvgIpc) is 3.40. The third-order valence-electron chi connectivity index (χ3n) is 8.84. The molecule has 1 aromatic carbocycles. The van der Waals surface area contributed by atoms with Crippen molar-refractivity contribution >= 4 is 29.5 Å². The van der Waals surface area contributed by atoms with Crippen molar-refractivity contribution in [1.29, 1.82) is 0 Å². The molecule has 0 radical (unpaired) electrons. The van der Waals surface area contributed by atoms with Crippen LogP contribution >= 0.6 is 11.8 Å². The Morgan fingerprint density at radius 3 is 2.33 bits per heavy atom. The number of hydrogen-bond acceptors (Lipinski definition) is 5. The fourth-order valence-electron chi connectivity index (χ4n) is 7.94. The van der Waals surface area contributed by atoms with Crippen molar-refractivity contribution in [1.82, 2.24) is 15.5 Å². The molecule has 8 heteroatoms. The minimum absolute atomic E-state index is 0.00401. The summed E-state index contributed by atoms with van der Waals surface area (Å²) >= 11 is 1.67. The molecule has 3 aliphatic heterocycles. The molecule has 7 nitrogen and oxygen atoms in total. The molecule has 1 aromatic rings. The highest BCUT2D eigenvalue weighted by Gasteiger charge is 2.77. The maximum Gasteiger partial charge on any atom is 0.244 e. The first-order valence-electron chi connectivity index (χ1n) is 14.8. The number of fused-ring (bicyclic) bond motifs is 1. The first-order valence-corrected chi connectivity index (χ1v) is 15.6. The third-order valence-corrected chi connectivity index (χ3v) is 10.8. The Balaban J connectivity index is 1.70. The Hall–Kier alpha value is -2.06. The van der Waals surface area contributed by atoms with Gasteiger partial charge in [0.15, 0.2) is 0 Å². The second-order valence-corrected chi connectivity index (χ2v) is 16.6. The summed E-state index contributed by atoms with van der Waals surface area (Å²) in [5.74, 6) is -1.37. The summed E-state index contributed by atoms with van der Waals surface area (Å²) < 4.78 is -1.13. The van der Waals surface area contributed by atoms with Crippen molar-refractivity contribution in [2.75, 3.05) is 6.61 Å². The van der Waals surface area contributed by atoms with Gasteiger partial charge in [0.1, 0.15) is 6.04 Å². The van der Waals surface area contributed by atoms with E-state index in [1.54, 1.807) is 16.7 Å². The van der Waals surface area contributed by atoms with Crippen LogP contribution in [0.15, 0.2) is 30.3 Å². The van der Waals surface area contributed by atoms with Crippen molar-refractivity contribution in [3.63, 3.8) is 0 Å². The lowest BCUT2D eigenvalue weighted by Crippen LogP contribution is -2.60. The highest BCUT2D eigenvalue weighted by Crippen LogP contribution is 2.71. The van der Waals surface area contributed by atoms with E-state index in [9.17, 15) is 19.5 Å². The lowest BCUT2D eigenvalue weighted by molar-refractivity contribution is -0.144. The van der Waals surface area contributed by atoms with Crippen LogP contribution in [0.2, 0.25) is 0 Å². The first-order chi connectivity index (χ1) is 18.5. The fourth-order valence-corrected chi connectivity index (χ4v) is 10.3. The Kier molecular flexibility index (Phi) is 8.47. The topological polar surface area (TPSA) is 98.7 Å². The number of amides is 3. The van der Waals surface area contributed by atoms with Gasteiger partial charge in [-0.05, 0) is 63.4 Å². The number of likely N-dealkylation sites (tertiary alicyclic amines) is 1. The minimum atomic E-state index is -0.737. The largest absolute Gasteiger partial charge is 0.394 e. The number of benzene rings is 1. The molecule has 0 saturated carbocycles. The molecule has 1 spiro atoms. The van der Waals surface area contributed by atoms with Gasteiger partial charge in [-0.3, -0.25) is 14.4 Å². The number of carbonyl (C=O) groups excluding carboxylic acids is 3. The van der Waals surface area contributed by atoms with Gasteiger partial charge in [0.25, 0.3) is 0 Å². The van der Waals surface area contributed by atoms with E-state index in [2.05, 4.69) is 52.2 Å². The lowest BCUT2D eigenvalue weighted by Gasteiger charge is -2.40. The molecule has 3 N–H and O–H groups in total. The molecule has 3 heterocycles. The van der Waals surface area contributed by atoms with Crippen LogP contribution in [0, 0.1) is 23.2 Å². The van der Waals surface area contributed by atoms with Crippen LogP contribution in [-0.2, 0) is 20.9 Å². The van der Waals surface area contributed by atoms with Gasteiger partial charge in [0.05, 0.1) is 29.2 Å². The van der Waals surface area contributed by atoms with Crippen LogP contribution in [0.25, 0.3) is 0 Å². The molecule has 6 atom stereocenters. The quantitative estimate of drug-likeness (QED) is 0.384. The fraction of sp³-hybridized carbons (Fsp3) is 0.719. The highest BCUT2D eigenvalue weighted by atomic mass is 32.2. The van der Waals surface area contributed by atoms with Crippen molar-refractivity contribution in [2.24, 2.45) is 23.2 Å². The zero-order chi connectivity index (χ0) is 29.7. The summed E-state index contributed by atoms with van der Waals surface area (Å²) in [6, 6.07) is 8.55. The number of hydrogen-bond donors (Lipinski definition) is 3. The van der Waals surface area contributed by atoms with E-state index in [1.807, 2.05) is 44.2 Å². The van der Waals surface area contributed by atoms with Gasteiger partial charge in [-0.2, -0.15) is 0 Å². The van der Waals surface area contributed by atoms with E-state index < -0.39 is 39.0 Å². The standard InChI is InChI=1S/C32H49N3O4S/c1-20(2)16-22(18-36)35-25(27(38)34-30(6,7)19-29(3,4)5)32-15-14-31(8,40-32)23(24(32)28(35)39)26(37)33-17-21-12-10-9-11-13-21/h9-13,20,22-25,36H,14-19H2,1-8H3,(H,33,37)(H,34,38)/t22-,23-,24+,25?,31+,32?/m1/s1. The maximum atomic E-state index is 14.4. The molecule has 3 aliphatic rings. The molecule has 3 fully saturated rings. The van der Waals surface area contributed by atoms with Gasteiger partial charge in [-0.25, -0.2) is 0 Å². The Morgan fingerprint density at radius 2 is 1.75 bits per heavy atom. The average molecular weight is 572 g/mol. The van der Waals surface area contributed by atoms with E-state index in [0.717, 1.165) is 18.4 Å². The molecular formula is C32H49N3O4S. The number of rotatable bonds is 10. The van der Waals surface area contributed by atoms with Gasteiger partial charge in [-0.1, -0.05) is 65.0 Å². The van der Waals surface area contributed by atoms with Gasteiger partial charge in [-0.15, -0.1) is 11.8 Å². The third kappa shape index (κ3) is 5.80. The lowest BCUT2D eigenvalue weighted by atomic mass is 9.66. The smallest absolute Gasteiger partial charge is 0.244 e. The Morgan fingerprint density at radius 1 is 1.10 bits per heavy atom. The van der Waals surface area contributed by atoms with E-state index >= 15 is 0 Å². The summed E-state index contributed by atoms with van der Waals surface area (Å²) in [4.78, 5) is 44.3. The van der Waals surface area contributed by atoms with E-state index in [1.165, 1.54) is 0 Å². The summed E-state index contributed by atoms with van der Waals surface area (Å²) in [6.45, 7) is 16.9. The summed E-state index contributed by atoms with van der Waals surface area (Å²) in [5, 5.41) is 16.9. The van der Waals surface area contributed by atoms with Gasteiger partial charge < -0.3 is 20.6 Å².